The van der Waals surface area contributed by atoms with Crippen molar-refractivity contribution in [1.29, 1.82) is 0 Å². The predicted molar refractivity (Wildman–Crippen MR) is 76.1 cm³/mol. The van der Waals surface area contributed by atoms with Gasteiger partial charge in [0, 0.05) is 18.1 Å². The summed E-state index contributed by atoms with van der Waals surface area (Å²) in [6.45, 7) is 0.692. The zero-order valence-corrected chi connectivity index (χ0v) is 12.1. The minimum atomic E-state index is -0.00516. The second-order valence-electron chi connectivity index (χ2n) is 5.57. The van der Waals surface area contributed by atoms with Crippen LogP contribution in [0.4, 0.5) is 0 Å². The average molecular weight is 299 g/mol. The van der Waals surface area contributed by atoms with Gasteiger partial charge in [-0.15, -0.1) is 0 Å². The Labute approximate surface area is 123 Å². The maximum absolute atomic E-state index is 12.5. The number of carbonyl (C=O) groups excluding carboxylic acids is 1. The van der Waals surface area contributed by atoms with E-state index in [1.807, 2.05) is 0 Å². The number of rotatable bonds is 2. The van der Waals surface area contributed by atoms with Crippen molar-refractivity contribution in [1.82, 2.24) is 0 Å². The molecule has 4 heteroatoms. The van der Waals surface area contributed by atoms with Gasteiger partial charge in [0.25, 0.3) is 0 Å². The van der Waals surface area contributed by atoms with E-state index >= 15 is 0 Å². The topological polar surface area (TPSA) is 26.3 Å². The van der Waals surface area contributed by atoms with Crippen molar-refractivity contribution in [3.63, 3.8) is 0 Å². The zero-order valence-electron chi connectivity index (χ0n) is 10.6. The lowest BCUT2D eigenvalue weighted by atomic mass is 9.70. The van der Waals surface area contributed by atoms with Crippen molar-refractivity contribution in [3.8, 4) is 0 Å². The number of hydrogen-bond donors (Lipinski definition) is 0. The number of ether oxygens (including phenoxy) is 1. The van der Waals surface area contributed by atoms with E-state index in [-0.39, 0.29) is 17.3 Å². The molecule has 1 heterocycles. The van der Waals surface area contributed by atoms with E-state index < -0.39 is 0 Å². The van der Waals surface area contributed by atoms with Gasteiger partial charge in [-0.1, -0.05) is 23.2 Å². The van der Waals surface area contributed by atoms with Crippen molar-refractivity contribution in [3.05, 3.63) is 33.8 Å². The molecule has 1 unspecified atom stereocenters. The number of hydrogen-bond acceptors (Lipinski definition) is 2. The minimum absolute atomic E-state index is 0.00516. The van der Waals surface area contributed by atoms with Gasteiger partial charge in [0.2, 0.25) is 0 Å². The first kappa shape index (κ1) is 13.4. The van der Waals surface area contributed by atoms with Crippen molar-refractivity contribution in [2.75, 3.05) is 6.61 Å². The van der Waals surface area contributed by atoms with Gasteiger partial charge < -0.3 is 4.74 Å². The molecule has 2 fully saturated rings. The molecule has 102 valence electrons. The number of halogens is 2. The molecular weight excluding hydrogens is 283 g/mol. The zero-order chi connectivity index (χ0) is 13.5. The van der Waals surface area contributed by atoms with Gasteiger partial charge in [-0.25, -0.2) is 0 Å². The van der Waals surface area contributed by atoms with Gasteiger partial charge in [0.1, 0.15) is 0 Å². The van der Waals surface area contributed by atoms with Gasteiger partial charge in [-0.2, -0.15) is 0 Å². The van der Waals surface area contributed by atoms with Crippen LogP contribution in [0.25, 0.3) is 0 Å². The van der Waals surface area contributed by atoms with Gasteiger partial charge in [-0.05, 0) is 50.3 Å². The van der Waals surface area contributed by atoms with Crippen LogP contribution in [0.3, 0.4) is 0 Å². The van der Waals surface area contributed by atoms with Crippen LogP contribution < -0.4 is 0 Å². The van der Waals surface area contributed by atoms with Crippen LogP contribution in [-0.4, -0.2) is 18.0 Å². The predicted octanol–water partition coefficient (Wildman–Crippen LogP) is 4.53. The molecule has 1 aromatic rings. The normalized spacial score (nSPS) is 25.1. The van der Waals surface area contributed by atoms with Crippen molar-refractivity contribution in [2.45, 2.75) is 37.7 Å². The Morgan fingerprint density at radius 2 is 2.05 bits per heavy atom. The first-order valence-corrected chi connectivity index (χ1v) is 7.48. The molecule has 2 aliphatic rings. The lowest BCUT2D eigenvalue weighted by Gasteiger charge is -2.46. The molecule has 3 rings (SSSR count). The summed E-state index contributed by atoms with van der Waals surface area (Å²) in [6.07, 6.45) is 5.07. The average Bonchev–Trinajstić information content (AvgIpc) is 2.39. The van der Waals surface area contributed by atoms with E-state index in [0.717, 1.165) is 25.7 Å². The highest BCUT2D eigenvalue weighted by Crippen LogP contribution is 2.45. The van der Waals surface area contributed by atoms with E-state index in [4.69, 9.17) is 27.9 Å². The second kappa shape index (κ2) is 5.08. The Balaban J connectivity index is 1.77. The number of benzene rings is 1. The van der Waals surface area contributed by atoms with Gasteiger partial charge >= 0.3 is 0 Å². The van der Waals surface area contributed by atoms with Crippen LogP contribution in [-0.2, 0) is 4.74 Å². The summed E-state index contributed by atoms with van der Waals surface area (Å²) in [5, 5.41) is 0.929. The summed E-state index contributed by atoms with van der Waals surface area (Å²) >= 11 is 11.9. The molecule has 0 N–H and O–H groups in total. The molecule has 1 aliphatic carbocycles. The Hall–Kier alpha value is -0.570. The highest BCUT2D eigenvalue weighted by atomic mass is 35.5. The molecule has 1 atom stereocenters. The summed E-state index contributed by atoms with van der Waals surface area (Å²) in [6, 6.07) is 5.13. The SMILES string of the molecule is O=C(c1ccc(Cl)c(Cl)c1)C1CCOC2(CCC2)C1. The monoisotopic (exact) mass is 298 g/mol. The fourth-order valence-corrected chi connectivity index (χ4v) is 3.35. The smallest absolute Gasteiger partial charge is 0.166 e. The van der Waals surface area contributed by atoms with E-state index in [2.05, 4.69) is 0 Å². The Kier molecular flexibility index (Phi) is 3.59. The molecule has 0 aromatic heterocycles. The largest absolute Gasteiger partial charge is 0.375 e. The van der Waals surface area contributed by atoms with Crippen LogP contribution >= 0.6 is 23.2 Å². The Morgan fingerprint density at radius 1 is 1.26 bits per heavy atom. The molecule has 1 aliphatic heterocycles. The molecule has 1 saturated heterocycles. The van der Waals surface area contributed by atoms with Crippen LogP contribution in [0.1, 0.15) is 42.5 Å². The molecule has 19 heavy (non-hydrogen) atoms. The lowest BCUT2D eigenvalue weighted by molar-refractivity contribution is -0.137. The number of carbonyl (C=O) groups is 1. The maximum Gasteiger partial charge on any atom is 0.166 e. The van der Waals surface area contributed by atoms with Gasteiger partial charge in [-0.3, -0.25) is 4.79 Å². The molecule has 1 spiro atoms. The summed E-state index contributed by atoms with van der Waals surface area (Å²) in [5.41, 5.74) is 0.658. The van der Waals surface area contributed by atoms with Crippen molar-refractivity contribution in [2.24, 2.45) is 5.92 Å². The summed E-state index contributed by atoms with van der Waals surface area (Å²) in [4.78, 5) is 12.5. The van der Waals surface area contributed by atoms with Crippen LogP contribution in [0.2, 0.25) is 10.0 Å². The summed E-state index contributed by atoms with van der Waals surface area (Å²) in [5.74, 6) is 0.236. The Morgan fingerprint density at radius 3 is 2.68 bits per heavy atom. The number of Topliss-reactive ketones (excluding diaryl/α,β-unsaturated/α-hetero) is 1. The minimum Gasteiger partial charge on any atom is -0.375 e. The highest BCUT2D eigenvalue weighted by Gasteiger charge is 2.44. The second-order valence-corrected chi connectivity index (χ2v) is 6.38. The lowest BCUT2D eigenvalue weighted by Crippen LogP contribution is -2.47. The molecule has 0 amide bonds. The summed E-state index contributed by atoms with van der Waals surface area (Å²) in [7, 11) is 0. The van der Waals surface area contributed by atoms with E-state index in [1.54, 1.807) is 18.2 Å². The van der Waals surface area contributed by atoms with Crippen LogP contribution in [0.15, 0.2) is 18.2 Å². The molecule has 2 nitrogen and oxygen atoms in total. The van der Waals surface area contributed by atoms with E-state index in [9.17, 15) is 4.79 Å². The number of ketones is 1. The fourth-order valence-electron chi connectivity index (χ4n) is 3.06. The van der Waals surface area contributed by atoms with Crippen molar-refractivity contribution < 1.29 is 9.53 Å². The molecule has 0 bridgehead atoms. The van der Waals surface area contributed by atoms with Crippen LogP contribution in [0, 0.1) is 5.92 Å². The fraction of sp³-hybridized carbons (Fsp3) is 0.533. The third kappa shape index (κ3) is 2.54. The molecular formula is C15H16Cl2O2. The Bertz CT molecular complexity index is 509. The van der Waals surface area contributed by atoms with Gasteiger partial charge in [0.15, 0.2) is 5.78 Å². The first-order valence-electron chi connectivity index (χ1n) is 6.73. The molecule has 0 radical (unpaired) electrons. The summed E-state index contributed by atoms with van der Waals surface area (Å²) < 4.78 is 5.86. The quantitative estimate of drug-likeness (QED) is 0.750. The third-order valence-corrected chi connectivity index (χ3v) is 5.07. The maximum atomic E-state index is 12.5. The standard InChI is InChI=1S/C15H16Cl2O2/c16-12-3-2-10(8-13(12)17)14(18)11-4-7-19-15(9-11)5-1-6-15/h2-3,8,11H,1,4-7,9H2. The van der Waals surface area contributed by atoms with E-state index in [0.29, 0.717) is 22.2 Å². The van der Waals surface area contributed by atoms with Gasteiger partial charge in [0.05, 0.1) is 15.6 Å². The van der Waals surface area contributed by atoms with Crippen LogP contribution in [0.5, 0.6) is 0 Å². The van der Waals surface area contributed by atoms with E-state index in [1.165, 1.54) is 6.42 Å². The molecule has 1 aromatic carbocycles. The highest BCUT2D eigenvalue weighted by molar-refractivity contribution is 6.42. The molecule has 1 saturated carbocycles. The third-order valence-electron chi connectivity index (χ3n) is 4.33. The van der Waals surface area contributed by atoms with Crippen molar-refractivity contribution >= 4 is 29.0 Å². The first-order chi connectivity index (χ1) is 9.10.